The molecular weight excluding hydrogens is 278 g/mol. The first kappa shape index (κ1) is 17.1. The van der Waals surface area contributed by atoms with Gasteiger partial charge in [-0.2, -0.15) is 0 Å². The van der Waals surface area contributed by atoms with Crippen molar-refractivity contribution in [1.82, 2.24) is 4.89 Å². The zero-order chi connectivity index (χ0) is 14.8. The van der Waals surface area contributed by atoms with E-state index in [1.165, 1.54) is 26.4 Å². The van der Waals surface area contributed by atoms with E-state index in [0.29, 0.717) is 0 Å². The lowest BCUT2D eigenvalue weighted by molar-refractivity contribution is -0.0540. The molecule has 6 heteroatoms. The smallest absolute Gasteiger partial charge is 0.262 e. The largest absolute Gasteiger partial charge is 0.357 e. The van der Waals surface area contributed by atoms with Crippen LogP contribution in [0.4, 0.5) is 0 Å². The summed E-state index contributed by atoms with van der Waals surface area (Å²) in [7, 11) is -2.21. The molecule has 0 heterocycles. The summed E-state index contributed by atoms with van der Waals surface area (Å²) in [4.78, 5) is 6.85. The molecule has 0 fully saturated rings. The predicted octanol–water partition coefficient (Wildman–Crippen LogP) is 2.62. The van der Waals surface area contributed by atoms with Gasteiger partial charge < -0.3 is 4.74 Å². The first-order valence-corrected chi connectivity index (χ1v) is 8.30. The van der Waals surface area contributed by atoms with E-state index >= 15 is 0 Å². The number of hydrogen-bond donors (Lipinski definition) is 1. The number of nitrogens with one attached hydrogen (secondary N) is 1. The molecule has 0 aliphatic heterocycles. The van der Waals surface area contributed by atoms with Gasteiger partial charge >= 0.3 is 0 Å². The molecular formula is C14H23NO4S. The second kappa shape index (κ2) is 9.07. The lowest BCUT2D eigenvalue weighted by Crippen LogP contribution is -2.25. The molecule has 0 aliphatic rings. The van der Waals surface area contributed by atoms with Gasteiger partial charge in [-0.1, -0.05) is 43.2 Å². The number of methoxy groups -OCH3 is 1. The molecule has 0 aromatic heterocycles. The molecule has 0 radical (unpaired) electrons. The maximum absolute atomic E-state index is 11.8. The summed E-state index contributed by atoms with van der Waals surface area (Å²) in [5.74, 6) is 0. The summed E-state index contributed by atoms with van der Waals surface area (Å²) in [6.45, 7) is 2.05. The van der Waals surface area contributed by atoms with Crippen molar-refractivity contribution in [3.05, 3.63) is 29.8 Å². The number of unbranched alkanes of at least 4 members (excludes halogenated alkanes) is 3. The Morgan fingerprint density at radius 3 is 2.40 bits per heavy atom. The second-order valence-corrected chi connectivity index (χ2v) is 6.24. The Kier molecular flexibility index (Phi) is 7.76. The van der Waals surface area contributed by atoms with Crippen LogP contribution >= 0.6 is 0 Å². The highest BCUT2D eigenvalue weighted by atomic mass is 32.2. The summed E-state index contributed by atoms with van der Waals surface area (Å²) in [6, 6.07) is 6.87. The van der Waals surface area contributed by atoms with Crippen molar-refractivity contribution in [2.75, 3.05) is 13.9 Å². The molecule has 1 rings (SSSR count). The summed E-state index contributed by atoms with van der Waals surface area (Å²) >= 11 is 0. The highest BCUT2D eigenvalue weighted by Gasteiger charge is 2.13. The molecule has 0 spiro atoms. The van der Waals surface area contributed by atoms with E-state index < -0.39 is 10.0 Å². The Hall–Kier alpha value is -0.950. The van der Waals surface area contributed by atoms with Gasteiger partial charge in [-0.05, 0) is 30.5 Å². The van der Waals surface area contributed by atoms with Crippen molar-refractivity contribution in [2.24, 2.45) is 0 Å². The molecule has 0 aliphatic carbocycles. The fourth-order valence-electron chi connectivity index (χ4n) is 1.80. The molecule has 1 aromatic carbocycles. The second-order valence-electron chi connectivity index (χ2n) is 4.59. The maximum Gasteiger partial charge on any atom is 0.262 e. The molecule has 0 amide bonds. The number of sulfonamides is 1. The first-order chi connectivity index (χ1) is 9.60. The minimum atomic E-state index is -3.63. The van der Waals surface area contributed by atoms with Gasteiger partial charge in [0, 0.05) is 7.11 Å². The van der Waals surface area contributed by atoms with Crippen LogP contribution in [0.25, 0.3) is 0 Å². The highest BCUT2D eigenvalue weighted by molar-refractivity contribution is 7.89. The van der Waals surface area contributed by atoms with E-state index in [9.17, 15) is 8.42 Å². The van der Waals surface area contributed by atoms with Gasteiger partial charge in [0.25, 0.3) is 10.0 Å². The predicted molar refractivity (Wildman–Crippen MR) is 77.6 cm³/mol. The van der Waals surface area contributed by atoms with Crippen LogP contribution in [0.1, 0.15) is 38.2 Å². The third kappa shape index (κ3) is 6.00. The van der Waals surface area contributed by atoms with E-state index in [2.05, 4.69) is 16.5 Å². The van der Waals surface area contributed by atoms with Gasteiger partial charge in [0.15, 0.2) is 6.79 Å². The van der Waals surface area contributed by atoms with Gasteiger partial charge in [-0.15, -0.1) is 0 Å². The SMILES string of the molecule is CCCCCCc1ccc(S(=O)(=O)NOCOC)cc1. The van der Waals surface area contributed by atoms with Crippen molar-refractivity contribution in [2.45, 2.75) is 43.9 Å². The summed E-state index contributed by atoms with van der Waals surface area (Å²) < 4.78 is 28.3. The summed E-state index contributed by atoms with van der Waals surface area (Å²) in [5.41, 5.74) is 1.15. The molecule has 5 nitrogen and oxygen atoms in total. The number of ether oxygens (including phenoxy) is 1. The van der Waals surface area contributed by atoms with E-state index in [1.54, 1.807) is 12.1 Å². The van der Waals surface area contributed by atoms with Crippen molar-refractivity contribution in [3.63, 3.8) is 0 Å². The zero-order valence-corrected chi connectivity index (χ0v) is 12.9. The van der Waals surface area contributed by atoms with Crippen LogP contribution in [0, 0.1) is 0 Å². The van der Waals surface area contributed by atoms with E-state index in [4.69, 9.17) is 0 Å². The third-order valence-corrected chi connectivity index (χ3v) is 4.13. The highest BCUT2D eigenvalue weighted by Crippen LogP contribution is 2.13. The lowest BCUT2D eigenvalue weighted by Gasteiger charge is -2.07. The molecule has 20 heavy (non-hydrogen) atoms. The van der Waals surface area contributed by atoms with Crippen LogP contribution in [-0.2, 0) is 26.0 Å². The first-order valence-electron chi connectivity index (χ1n) is 6.81. The Bertz CT molecular complexity index is 470. The van der Waals surface area contributed by atoms with Crippen LogP contribution in [0.3, 0.4) is 0 Å². The molecule has 114 valence electrons. The van der Waals surface area contributed by atoms with Crippen molar-refractivity contribution < 1.29 is 18.0 Å². The molecule has 0 unspecified atom stereocenters. The van der Waals surface area contributed by atoms with Crippen molar-refractivity contribution in [1.29, 1.82) is 0 Å². The Balaban J connectivity index is 2.52. The van der Waals surface area contributed by atoms with Gasteiger partial charge in [-0.3, -0.25) is 4.84 Å². The Labute approximate surface area is 121 Å². The average molecular weight is 301 g/mol. The average Bonchev–Trinajstić information content (AvgIpc) is 2.44. The molecule has 0 saturated heterocycles. The van der Waals surface area contributed by atoms with Gasteiger partial charge in [0.1, 0.15) is 0 Å². The minimum absolute atomic E-state index is 0.130. The van der Waals surface area contributed by atoms with E-state index in [-0.39, 0.29) is 11.7 Å². The van der Waals surface area contributed by atoms with Crippen LogP contribution in [0.2, 0.25) is 0 Å². The number of aryl methyl sites for hydroxylation is 1. The quantitative estimate of drug-likeness (QED) is 0.410. The van der Waals surface area contributed by atoms with Crippen molar-refractivity contribution in [3.8, 4) is 0 Å². The molecule has 0 atom stereocenters. The summed E-state index contributed by atoms with van der Waals surface area (Å²) in [5, 5.41) is 0. The topological polar surface area (TPSA) is 64.6 Å². The van der Waals surface area contributed by atoms with Crippen LogP contribution in [0.5, 0.6) is 0 Å². The van der Waals surface area contributed by atoms with E-state index in [0.717, 1.165) is 18.4 Å². The minimum Gasteiger partial charge on any atom is -0.357 e. The monoisotopic (exact) mass is 301 g/mol. The zero-order valence-electron chi connectivity index (χ0n) is 12.1. The fourth-order valence-corrected chi connectivity index (χ4v) is 2.59. The number of rotatable bonds is 10. The molecule has 0 saturated carbocycles. The van der Waals surface area contributed by atoms with E-state index in [1.807, 2.05) is 17.0 Å². The molecule has 1 aromatic rings. The standard InChI is InChI=1S/C14H23NO4S/c1-3-4-5-6-7-13-8-10-14(11-9-13)20(16,17)15-19-12-18-2/h8-11,15H,3-7,12H2,1-2H3. The van der Waals surface area contributed by atoms with Gasteiger partial charge in [0.2, 0.25) is 0 Å². The number of hydrogen-bond acceptors (Lipinski definition) is 4. The van der Waals surface area contributed by atoms with Crippen LogP contribution in [0.15, 0.2) is 29.2 Å². The molecule has 0 bridgehead atoms. The maximum atomic E-state index is 11.8. The van der Waals surface area contributed by atoms with Crippen molar-refractivity contribution >= 4 is 10.0 Å². The Morgan fingerprint density at radius 1 is 1.10 bits per heavy atom. The van der Waals surface area contributed by atoms with Gasteiger partial charge in [-0.25, -0.2) is 8.42 Å². The third-order valence-electron chi connectivity index (χ3n) is 2.90. The van der Waals surface area contributed by atoms with Crippen LogP contribution in [-0.4, -0.2) is 22.3 Å². The molecule has 1 N–H and O–H groups in total. The number of benzene rings is 1. The van der Waals surface area contributed by atoms with Crippen LogP contribution < -0.4 is 4.89 Å². The fraction of sp³-hybridized carbons (Fsp3) is 0.571. The van der Waals surface area contributed by atoms with Gasteiger partial charge in [0.05, 0.1) is 4.90 Å². The Morgan fingerprint density at radius 2 is 1.80 bits per heavy atom. The lowest BCUT2D eigenvalue weighted by atomic mass is 10.1. The summed E-state index contributed by atoms with van der Waals surface area (Å²) in [6.07, 6.45) is 5.78. The normalized spacial score (nSPS) is 11.7.